The van der Waals surface area contributed by atoms with Crippen LogP contribution in [0.3, 0.4) is 0 Å². The Kier molecular flexibility index (Phi) is 2.93. The fourth-order valence-corrected chi connectivity index (χ4v) is 1.62. The van der Waals surface area contributed by atoms with Gasteiger partial charge in [0, 0.05) is 12.1 Å². The third-order valence-corrected chi connectivity index (χ3v) is 2.40. The van der Waals surface area contributed by atoms with E-state index in [1.807, 2.05) is 29.1 Å². The number of hydrogen-bond donors (Lipinski definition) is 0. The minimum atomic E-state index is 0.938. The molecule has 0 N–H and O–H groups in total. The Morgan fingerprint density at radius 1 is 1.00 bits per heavy atom. The minimum Gasteiger partial charge on any atom is -0.171 e. The minimum absolute atomic E-state index is 0.938. The molecule has 0 spiro atoms. The van der Waals surface area contributed by atoms with Crippen LogP contribution < -0.4 is 4.57 Å². The van der Waals surface area contributed by atoms with Gasteiger partial charge in [0.05, 0.1) is 6.42 Å². The number of hydrogen-bond acceptors (Lipinski definition) is 0. The van der Waals surface area contributed by atoms with Crippen LogP contribution in [-0.2, 0) is 6.42 Å². The lowest BCUT2D eigenvalue weighted by molar-refractivity contribution is -0.576. The van der Waals surface area contributed by atoms with Crippen LogP contribution in [0.4, 0.5) is 0 Å². The number of rotatable bonds is 3. The summed E-state index contributed by atoms with van der Waals surface area (Å²) >= 11 is 0. The summed E-state index contributed by atoms with van der Waals surface area (Å²) in [6.07, 6.45) is 4.79. The molecule has 1 heterocycles. The van der Waals surface area contributed by atoms with E-state index in [4.69, 9.17) is 0 Å². The van der Waals surface area contributed by atoms with Crippen LogP contribution in [0.25, 0.3) is 6.20 Å². The van der Waals surface area contributed by atoms with E-state index >= 15 is 0 Å². The Labute approximate surface area is 90.3 Å². The maximum Gasteiger partial charge on any atom is 0.191 e. The van der Waals surface area contributed by atoms with Crippen LogP contribution in [0.1, 0.15) is 11.3 Å². The number of pyridine rings is 1. The fourth-order valence-electron chi connectivity index (χ4n) is 1.62. The molecular weight excluding hydrogens is 182 g/mol. The largest absolute Gasteiger partial charge is 0.191 e. The van der Waals surface area contributed by atoms with Crippen molar-refractivity contribution < 1.29 is 4.57 Å². The Morgan fingerprint density at radius 3 is 2.47 bits per heavy atom. The van der Waals surface area contributed by atoms with E-state index in [9.17, 15) is 0 Å². The van der Waals surface area contributed by atoms with Crippen molar-refractivity contribution in [3.05, 3.63) is 72.6 Å². The summed E-state index contributed by atoms with van der Waals surface area (Å²) in [6, 6.07) is 16.6. The maximum atomic E-state index is 3.80. The van der Waals surface area contributed by atoms with Crippen molar-refractivity contribution in [2.45, 2.75) is 6.42 Å². The topological polar surface area (TPSA) is 3.88 Å². The molecule has 0 bridgehead atoms. The van der Waals surface area contributed by atoms with Gasteiger partial charge in [-0.3, -0.25) is 0 Å². The molecule has 0 radical (unpaired) electrons. The standard InChI is InChI=1S/C14H14N/c1-2-15-11-7-6-10-14(15)12-13-8-4-3-5-9-13/h2-11H,1,12H2/q+1. The second kappa shape index (κ2) is 4.56. The number of benzene rings is 1. The fraction of sp³-hybridized carbons (Fsp3) is 0.0714. The lowest BCUT2D eigenvalue weighted by Gasteiger charge is -1.99. The first-order chi connectivity index (χ1) is 7.40. The van der Waals surface area contributed by atoms with Crippen molar-refractivity contribution in [1.29, 1.82) is 0 Å². The third kappa shape index (κ3) is 2.32. The van der Waals surface area contributed by atoms with Gasteiger partial charge >= 0.3 is 0 Å². The van der Waals surface area contributed by atoms with Crippen LogP contribution in [0.2, 0.25) is 0 Å². The molecule has 0 aliphatic heterocycles. The highest BCUT2D eigenvalue weighted by atomic mass is 14.9. The second-order valence-electron chi connectivity index (χ2n) is 3.44. The Morgan fingerprint density at radius 2 is 1.73 bits per heavy atom. The maximum absolute atomic E-state index is 3.80. The molecule has 0 unspecified atom stereocenters. The molecule has 0 aliphatic rings. The summed E-state index contributed by atoms with van der Waals surface area (Å²) < 4.78 is 2.05. The quantitative estimate of drug-likeness (QED) is 0.664. The van der Waals surface area contributed by atoms with E-state index in [0.717, 1.165) is 6.42 Å². The lowest BCUT2D eigenvalue weighted by Crippen LogP contribution is -2.30. The number of nitrogens with zero attached hydrogens (tertiary/aromatic N) is 1. The molecule has 0 fully saturated rings. The summed E-state index contributed by atoms with van der Waals surface area (Å²) in [5, 5.41) is 0. The average Bonchev–Trinajstić information content (AvgIpc) is 2.31. The predicted molar refractivity (Wildman–Crippen MR) is 62.3 cm³/mol. The Hall–Kier alpha value is -1.89. The first-order valence-electron chi connectivity index (χ1n) is 5.05. The van der Waals surface area contributed by atoms with Crippen LogP contribution >= 0.6 is 0 Å². The van der Waals surface area contributed by atoms with Gasteiger partial charge in [-0.15, -0.1) is 0 Å². The van der Waals surface area contributed by atoms with E-state index in [1.54, 1.807) is 0 Å². The molecule has 2 rings (SSSR count). The molecule has 0 saturated heterocycles. The summed E-state index contributed by atoms with van der Waals surface area (Å²) in [6.45, 7) is 3.80. The zero-order chi connectivity index (χ0) is 10.5. The molecule has 74 valence electrons. The first-order valence-corrected chi connectivity index (χ1v) is 5.05. The molecule has 1 heteroatoms. The molecule has 0 amide bonds. The van der Waals surface area contributed by atoms with E-state index in [0.29, 0.717) is 0 Å². The van der Waals surface area contributed by atoms with Crippen LogP contribution in [0.15, 0.2) is 61.3 Å². The molecule has 0 aliphatic carbocycles. The van der Waals surface area contributed by atoms with Gasteiger partial charge in [-0.2, -0.15) is 4.57 Å². The van der Waals surface area contributed by atoms with Gasteiger partial charge in [0.15, 0.2) is 18.1 Å². The van der Waals surface area contributed by atoms with Gasteiger partial charge in [-0.05, 0) is 12.1 Å². The molecule has 0 saturated carbocycles. The molecule has 15 heavy (non-hydrogen) atoms. The SMILES string of the molecule is C=C[n+]1ccccc1Cc1ccccc1. The van der Waals surface area contributed by atoms with Crippen molar-refractivity contribution >= 4 is 6.20 Å². The number of aromatic nitrogens is 1. The van der Waals surface area contributed by atoms with Crippen LogP contribution in [0.5, 0.6) is 0 Å². The highest BCUT2D eigenvalue weighted by Crippen LogP contribution is 2.05. The molecular formula is C14H14N+. The lowest BCUT2D eigenvalue weighted by atomic mass is 10.1. The zero-order valence-electron chi connectivity index (χ0n) is 8.63. The molecule has 0 atom stereocenters. The van der Waals surface area contributed by atoms with Crippen LogP contribution in [0, 0.1) is 0 Å². The summed E-state index contributed by atoms with van der Waals surface area (Å²) in [5.41, 5.74) is 2.57. The molecule has 1 aromatic heterocycles. The normalized spacial score (nSPS) is 9.87. The van der Waals surface area contributed by atoms with E-state index in [1.165, 1.54) is 11.3 Å². The van der Waals surface area contributed by atoms with E-state index < -0.39 is 0 Å². The van der Waals surface area contributed by atoms with E-state index in [-0.39, 0.29) is 0 Å². The van der Waals surface area contributed by atoms with Gasteiger partial charge in [0.1, 0.15) is 0 Å². The van der Waals surface area contributed by atoms with Crippen molar-refractivity contribution in [3.8, 4) is 0 Å². The smallest absolute Gasteiger partial charge is 0.171 e. The molecule has 1 nitrogen and oxygen atoms in total. The third-order valence-electron chi connectivity index (χ3n) is 2.40. The summed E-state index contributed by atoms with van der Waals surface area (Å²) in [4.78, 5) is 0. The summed E-state index contributed by atoms with van der Waals surface area (Å²) in [5.74, 6) is 0. The molecule has 2 aromatic rings. The second-order valence-corrected chi connectivity index (χ2v) is 3.44. The van der Waals surface area contributed by atoms with Crippen molar-refractivity contribution in [2.75, 3.05) is 0 Å². The average molecular weight is 196 g/mol. The van der Waals surface area contributed by atoms with Crippen LogP contribution in [-0.4, -0.2) is 0 Å². The zero-order valence-corrected chi connectivity index (χ0v) is 8.63. The van der Waals surface area contributed by atoms with Gasteiger partial charge in [-0.1, -0.05) is 36.4 Å². The summed E-state index contributed by atoms with van der Waals surface area (Å²) in [7, 11) is 0. The Bertz CT molecular complexity index is 446. The highest BCUT2D eigenvalue weighted by Gasteiger charge is 2.06. The van der Waals surface area contributed by atoms with Gasteiger partial charge in [0.25, 0.3) is 0 Å². The van der Waals surface area contributed by atoms with Gasteiger partial charge in [-0.25, -0.2) is 0 Å². The van der Waals surface area contributed by atoms with Crippen molar-refractivity contribution in [2.24, 2.45) is 0 Å². The first kappa shape index (κ1) is 9.66. The Balaban J connectivity index is 2.28. The van der Waals surface area contributed by atoms with Crippen molar-refractivity contribution in [3.63, 3.8) is 0 Å². The van der Waals surface area contributed by atoms with Gasteiger partial charge < -0.3 is 0 Å². The van der Waals surface area contributed by atoms with Crippen molar-refractivity contribution in [1.82, 2.24) is 0 Å². The predicted octanol–water partition coefficient (Wildman–Crippen LogP) is 2.67. The van der Waals surface area contributed by atoms with E-state index in [2.05, 4.69) is 43.0 Å². The highest BCUT2D eigenvalue weighted by molar-refractivity contribution is 5.20. The monoisotopic (exact) mass is 196 g/mol. The van der Waals surface area contributed by atoms with Gasteiger partial charge in [0.2, 0.25) is 0 Å². The molecule has 1 aromatic carbocycles.